The highest BCUT2D eigenvalue weighted by Crippen LogP contribution is 2.28. The molecular weight excluding hydrogens is 340 g/mol. The van der Waals surface area contributed by atoms with E-state index < -0.39 is 15.8 Å². The van der Waals surface area contributed by atoms with Crippen molar-refractivity contribution in [1.29, 1.82) is 0 Å². The molecule has 0 aliphatic rings. The monoisotopic (exact) mass is 349 g/mol. The molecule has 0 radical (unpaired) electrons. The Morgan fingerprint density at radius 3 is 2.43 bits per heavy atom. The molecule has 0 amide bonds. The first-order valence-corrected chi connectivity index (χ1v) is 7.96. The van der Waals surface area contributed by atoms with Crippen molar-refractivity contribution in [3.05, 3.63) is 57.8 Å². The molecule has 0 unspecified atom stereocenters. The van der Waals surface area contributed by atoms with Gasteiger partial charge in [0, 0.05) is 10.6 Å². The van der Waals surface area contributed by atoms with Crippen molar-refractivity contribution >= 4 is 33.2 Å². The Hall–Kier alpha value is -1.34. The van der Waals surface area contributed by atoms with Gasteiger partial charge in [-0.25, -0.2) is 17.9 Å². The zero-order valence-corrected chi connectivity index (χ0v) is 12.8. The van der Waals surface area contributed by atoms with Gasteiger partial charge in [0.25, 0.3) is 0 Å². The number of primary sulfonamides is 1. The Kier molecular flexibility index (Phi) is 4.73. The largest absolute Gasteiger partial charge is 0.487 e. The van der Waals surface area contributed by atoms with E-state index in [-0.39, 0.29) is 22.3 Å². The van der Waals surface area contributed by atoms with Crippen LogP contribution in [-0.4, -0.2) is 8.42 Å². The predicted molar refractivity (Wildman–Crippen MR) is 78.6 cm³/mol. The zero-order chi connectivity index (χ0) is 15.6. The lowest BCUT2D eigenvalue weighted by Crippen LogP contribution is -2.12. The van der Waals surface area contributed by atoms with Gasteiger partial charge in [-0.05, 0) is 36.4 Å². The lowest BCUT2D eigenvalue weighted by molar-refractivity contribution is 0.305. The third-order valence-corrected chi connectivity index (χ3v) is 4.20. The Morgan fingerprint density at radius 2 is 1.81 bits per heavy atom. The molecule has 4 nitrogen and oxygen atoms in total. The van der Waals surface area contributed by atoms with Crippen molar-refractivity contribution in [2.75, 3.05) is 0 Å². The molecule has 0 atom stereocenters. The van der Waals surface area contributed by atoms with E-state index in [4.69, 9.17) is 33.1 Å². The quantitative estimate of drug-likeness (QED) is 0.919. The maximum Gasteiger partial charge on any atom is 0.238 e. The fourth-order valence-corrected chi connectivity index (χ4v) is 2.60. The fourth-order valence-electron chi connectivity index (χ4n) is 1.59. The molecule has 8 heteroatoms. The molecule has 0 saturated carbocycles. The van der Waals surface area contributed by atoms with Gasteiger partial charge in [0.2, 0.25) is 10.0 Å². The van der Waals surface area contributed by atoms with Crippen LogP contribution in [0.5, 0.6) is 5.75 Å². The number of hydrogen-bond donors (Lipinski definition) is 1. The molecule has 2 N–H and O–H groups in total. The number of nitrogens with two attached hydrogens (primary N) is 1. The van der Waals surface area contributed by atoms with Crippen LogP contribution in [0.2, 0.25) is 10.0 Å². The minimum absolute atomic E-state index is 0.00889. The Bertz CT molecular complexity index is 781. The van der Waals surface area contributed by atoms with Crippen LogP contribution in [-0.2, 0) is 16.6 Å². The van der Waals surface area contributed by atoms with Crippen molar-refractivity contribution < 1.29 is 17.5 Å². The van der Waals surface area contributed by atoms with E-state index in [2.05, 4.69) is 0 Å². The third-order valence-electron chi connectivity index (χ3n) is 2.62. The van der Waals surface area contributed by atoms with E-state index in [1.807, 2.05) is 0 Å². The smallest absolute Gasteiger partial charge is 0.238 e. The molecule has 0 saturated heterocycles. The molecule has 2 aromatic carbocycles. The molecule has 0 aromatic heterocycles. The molecule has 112 valence electrons. The van der Waals surface area contributed by atoms with Crippen molar-refractivity contribution in [3.63, 3.8) is 0 Å². The molecule has 0 fully saturated rings. The summed E-state index contributed by atoms with van der Waals surface area (Å²) in [7, 11) is -3.83. The van der Waals surface area contributed by atoms with Crippen LogP contribution in [0.1, 0.15) is 5.56 Å². The number of rotatable bonds is 4. The van der Waals surface area contributed by atoms with Crippen LogP contribution >= 0.6 is 23.2 Å². The minimum Gasteiger partial charge on any atom is -0.487 e. The molecule has 0 heterocycles. The summed E-state index contributed by atoms with van der Waals surface area (Å²) >= 11 is 11.8. The summed E-state index contributed by atoms with van der Waals surface area (Å²) in [5, 5.41) is 5.42. The number of benzene rings is 2. The van der Waals surface area contributed by atoms with Gasteiger partial charge in [0.15, 0.2) is 0 Å². The van der Waals surface area contributed by atoms with E-state index >= 15 is 0 Å². The van der Waals surface area contributed by atoms with Crippen LogP contribution in [0.3, 0.4) is 0 Å². The summed E-state index contributed by atoms with van der Waals surface area (Å²) in [6, 6.07) is 7.72. The highest BCUT2D eigenvalue weighted by molar-refractivity contribution is 7.89. The number of halogens is 3. The third kappa shape index (κ3) is 4.07. The highest BCUT2D eigenvalue weighted by Gasteiger charge is 2.12. The van der Waals surface area contributed by atoms with Gasteiger partial charge in [0.1, 0.15) is 18.2 Å². The summed E-state index contributed by atoms with van der Waals surface area (Å²) in [6.07, 6.45) is 0. The maximum atomic E-state index is 13.1. The summed E-state index contributed by atoms with van der Waals surface area (Å²) in [4.78, 5) is -0.122. The second-order valence-electron chi connectivity index (χ2n) is 4.16. The van der Waals surface area contributed by atoms with Gasteiger partial charge in [-0.15, -0.1) is 0 Å². The van der Waals surface area contributed by atoms with Crippen LogP contribution in [0.4, 0.5) is 4.39 Å². The van der Waals surface area contributed by atoms with Gasteiger partial charge in [-0.3, -0.25) is 0 Å². The van der Waals surface area contributed by atoms with Crippen LogP contribution in [0.15, 0.2) is 41.3 Å². The average Bonchev–Trinajstić information content (AvgIpc) is 2.40. The Balaban J connectivity index is 2.19. The van der Waals surface area contributed by atoms with Crippen molar-refractivity contribution in [1.82, 2.24) is 0 Å². The minimum atomic E-state index is -3.83. The van der Waals surface area contributed by atoms with Gasteiger partial charge >= 0.3 is 0 Å². The summed E-state index contributed by atoms with van der Waals surface area (Å²) in [5.74, 6) is -0.196. The lowest BCUT2D eigenvalue weighted by atomic mass is 10.2. The van der Waals surface area contributed by atoms with E-state index in [9.17, 15) is 12.8 Å². The standard InChI is InChI=1S/C13H10Cl2FNO3S/c14-11-3-1-9(16)5-8(11)7-20-13-4-2-10(6-12(13)15)21(17,18)19/h1-6H,7H2,(H2,17,18,19). The molecule has 0 aliphatic heterocycles. The second-order valence-corrected chi connectivity index (χ2v) is 6.54. The van der Waals surface area contributed by atoms with Gasteiger partial charge < -0.3 is 4.74 Å². The van der Waals surface area contributed by atoms with E-state index in [1.54, 1.807) is 0 Å². The average molecular weight is 350 g/mol. The summed E-state index contributed by atoms with van der Waals surface area (Å²) in [5.41, 5.74) is 0.447. The van der Waals surface area contributed by atoms with E-state index in [0.29, 0.717) is 10.6 Å². The SMILES string of the molecule is NS(=O)(=O)c1ccc(OCc2cc(F)ccc2Cl)c(Cl)c1. The van der Waals surface area contributed by atoms with E-state index in [0.717, 1.165) is 0 Å². The van der Waals surface area contributed by atoms with Gasteiger partial charge in [0.05, 0.1) is 9.92 Å². The molecule has 0 aliphatic carbocycles. The topological polar surface area (TPSA) is 69.4 Å². The maximum absolute atomic E-state index is 13.1. The molecule has 21 heavy (non-hydrogen) atoms. The van der Waals surface area contributed by atoms with Crippen LogP contribution in [0.25, 0.3) is 0 Å². The molecule has 0 spiro atoms. The predicted octanol–water partition coefficient (Wildman–Crippen LogP) is 3.36. The number of hydrogen-bond acceptors (Lipinski definition) is 3. The first-order valence-electron chi connectivity index (χ1n) is 5.66. The number of ether oxygens (including phenoxy) is 1. The first kappa shape index (κ1) is 16.0. The van der Waals surface area contributed by atoms with Gasteiger partial charge in [-0.2, -0.15) is 0 Å². The van der Waals surface area contributed by atoms with Crippen molar-refractivity contribution in [2.45, 2.75) is 11.5 Å². The lowest BCUT2D eigenvalue weighted by Gasteiger charge is -2.10. The van der Waals surface area contributed by atoms with Crippen LogP contribution < -0.4 is 9.88 Å². The summed E-state index contributed by atoms with van der Waals surface area (Å²) in [6.45, 7) is -0.00889. The summed E-state index contributed by atoms with van der Waals surface area (Å²) < 4.78 is 40.9. The first-order chi connectivity index (χ1) is 9.77. The van der Waals surface area contributed by atoms with Gasteiger partial charge in [-0.1, -0.05) is 23.2 Å². The molecule has 2 rings (SSSR count). The molecule has 0 bridgehead atoms. The Labute approximate surface area is 131 Å². The van der Waals surface area contributed by atoms with E-state index in [1.165, 1.54) is 36.4 Å². The zero-order valence-electron chi connectivity index (χ0n) is 10.5. The second kappa shape index (κ2) is 6.19. The van der Waals surface area contributed by atoms with Crippen molar-refractivity contribution in [2.24, 2.45) is 5.14 Å². The van der Waals surface area contributed by atoms with Crippen molar-refractivity contribution in [3.8, 4) is 5.75 Å². The highest BCUT2D eigenvalue weighted by atomic mass is 35.5. The molecular formula is C13H10Cl2FNO3S. The fraction of sp³-hybridized carbons (Fsp3) is 0.0769. The number of sulfonamides is 1. The molecule has 2 aromatic rings. The normalized spacial score (nSPS) is 11.4. The van der Waals surface area contributed by atoms with Crippen LogP contribution in [0, 0.1) is 5.82 Å². The Morgan fingerprint density at radius 1 is 1.10 bits per heavy atom.